The number of hydrogen-bond acceptors (Lipinski definition) is 8. The minimum Gasteiger partial charge on any atom is -0.497 e. The second-order valence-corrected chi connectivity index (χ2v) is 8.01. The summed E-state index contributed by atoms with van der Waals surface area (Å²) >= 11 is 0. The van der Waals surface area contributed by atoms with Gasteiger partial charge in [0.05, 0.1) is 25.3 Å². The van der Waals surface area contributed by atoms with Gasteiger partial charge < -0.3 is 20.1 Å². The molecule has 0 bridgehead atoms. The number of carbonyl (C=O) groups is 2. The lowest BCUT2D eigenvalue weighted by Gasteiger charge is -2.17. The third-order valence-electron chi connectivity index (χ3n) is 5.89. The highest BCUT2D eigenvalue weighted by atomic mass is 16.5. The van der Waals surface area contributed by atoms with E-state index >= 15 is 0 Å². The van der Waals surface area contributed by atoms with Crippen molar-refractivity contribution >= 4 is 34.4 Å². The fraction of sp³-hybridized carbons (Fsp3) is 0.292. The molecule has 34 heavy (non-hydrogen) atoms. The maximum atomic E-state index is 12.6. The number of para-hydroxylation sites is 1. The predicted molar refractivity (Wildman–Crippen MR) is 126 cm³/mol. The molecule has 4 aromatic rings. The van der Waals surface area contributed by atoms with Crippen LogP contribution in [0.3, 0.4) is 0 Å². The summed E-state index contributed by atoms with van der Waals surface area (Å²) in [5.41, 5.74) is 2.04. The van der Waals surface area contributed by atoms with E-state index in [-0.39, 0.29) is 5.91 Å². The number of hydrogen-bond donors (Lipinski definition) is 2. The lowest BCUT2D eigenvalue weighted by Crippen LogP contribution is -2.38. The molecule has 0 radical (unpaired) electrons. The quantitative estimate of drug-likeness (QED) is 0.436. The summed E-state index contributed by atoms with van der Waals surface area (Å²) in [4.78, 5) is 34.5. The van der Waals surface area contributed by atoms with Crippen molar-refractivity contribution in [3.63, 3.8) is 0 Å². The second-order valence-electron chi connectivity index (χ2n) is 8.01. The van der Waals surface area contributed by atoms with Gasteiger partial charge in [-0.3, -0.25) is 4.79 Å². The van der Waals surface area contributed by atoms with Crippen molar-refractivity contribution in [2.75, 3.05) is 26.1 Å². The van der Waals surface area contributed by atoms with Crippen LogP contribution in [-0.2, 0) is 9.53 Å². The lowest BCUT2D eigenvalue weighted by atomic mass is 10.1. The van der Waals surface area contributed by atoms with Crippen LogP contribution in [0.1, 0.15) is 29.6 Å². The predicted octanol–water partition coefficient (Wildman–Crippen LogP) is 2.82. The molecule has 0 saturated carbocycles. The monoisotopic (exact) mass is 460 g/mol. The van der Waals surface area contributed by atoms with Gasteiger partial charge in [-0.05, 0) is 55.7 Å². The van der Waals surface area contributed by atoms with E-state index in [0.717, 1.165) is 24.2 Å². The van der Waals surface area contributed by atoms with E-state index in [4.69, 9.17) is 19.4 Å². The number of nitrogens with zero attached hydrogens (tertiary/aromatic N) is 4. The van der Waals surface area contributed by atoms with Crippen molar-refractivity contribution in [2.24, 2.45) is 0 Å². The molecule has 1 aliphatic rings. The Labute approximate surface area is 195 Å². The van der Waals surface area contributed by atoms with E-state index < -0.39 is 12.0 Å². The SMILES string of the molecule is COC(=O)c1cccc2c1nc(N[C@@H]1CCCCNC1=O)n1nc(-c3ccc(OC)cc3)nc21. The summed E-state index contributed by atoms with van der Waals surface area (Å²) < 4.78 is 11.8. The largest absolute Gasteiger partial charge is 0.497 e. The number of nitrogens with one attached hydrogen (secondary N) is 2. The molecular weight excluding hydrogens is 436 g/mol. The first-order chi connectivity index (χ1) is 16.6. The van der Waals surface area contributed by atoms with Crippen molar-refractivity contribution in [3.8, 4) is 17.1 Å². The zero-order valence-electron chi connectivity index (χ0n) is 18.9. The first-order valence-electron chi connectivity index (χ1n) is 11.1. The third-order valence-corrected chi connectivity index (χ3v) is 5.89. The molecule has 1 aliphatic heterocycles. The molecule has 1 amide bonds. The first-order valence-corrected chi connectivity index (χ1v) is 11.1. The molecule has 174 valence electrons. The molecule has 0 spiro atoms. The van der Waals surface area contributed by atoms with Crippen molar-refractivity contribution in [3.05, 3.63) is 48.0 Å². The highest BCUT2D eigenvalue weighted by Gasteiger charge is 2.25. The van der Waals surface area contributed by atoms with Gasteiger partial charge in [-0.15, -0.1) is 5.10 Å². The molecule has 2 aromatic heterocycles. The Morgan fingerprint density at radius 2 is 1.94 bits per heavy atom. The number of fused-ring (bicyclic) bond motifs is 3. The van der Waals surface area contributed by atoms with Gasteiger partial charge in [-0.1, -0.05) is 6.07 Å². The Bertz CT molecular complexity index is 1380. The number of aromatic nitrogens is 4. The van der Waals surface area contributed by atoms with E-state index in [2.05, 4.69) is 15.7 Å². The van der Waals surface area contributed by atoms with Crippen LogP contribution >= 0.6 is 0 Å². The Morgan fingerprint density at radius 3 is 2.71 bits per heavy atom. The number of amides is 1. The first kappa shape index (κ1) is 21.6. The summed E-state index contributed by atoms with van der Waals surface area (Å²) in [6.07, 6.45) is 2.47. The molecular formula is C24H24N6O4. The van der Waals surface area contributed by atoms with Gasteiger partial charge in [0, 0.05) is 17.5 Å². The molecule has 1 saturated heterocycles. The van der Waals surface area contributed by atoms with Crippen LogP contribution < -0.4 is 15.4 Å². The molecule has 10 heteroatoms. The summed E-state index contributed by atoms with van der Waals surface area (Å²) in [5.74, 6) is 0.936. The highest BCUT2D eigenvalue weighted by molar-refractivity contribution is 6.06. The van der Waals surface area contributed by atoms with Gasteiger partial charge in [0.1, 0.15) is 11.8 Å². The summed E-state index contributed by atoms with van der Waals surface area (Å²) in [5, 5.41) is 11.5. The maximum Gasteiger partial charge on any atom is 0.340 e. The normalized spacial score (nSPS) is 16.2. The molecule has 0 aliphatic carbocycles. The Kier molecular flexibility index (Phi) is 5.70. The Hall–Kier alpha value is -4.21. The number of esters is 1. The topological polar surface area (TPSA) is 120 Å². The highest BCUT2D eigenvalue weighted by Crippen LogP contribution is 2.28. The van der Waals surface area contributed by atoms with Gasteiger partial charge in [0.25, 0.3) is 0 Å². The van der Waals surface area contributed by atoms with Crippen molar-refractivity contribution in [1.29, 1.82) is 0 Å². The molecule has 2 aromatic carbocycles. The average molecular weight is 460 g/mol. The van der Waals surface area contributed by atoms with Crippen LogP contribution in [0.2, 0.25) is 0 Å². The molecule has 1 fully saturated rings. The number of anilines is 1. The van der Waals surface area contributed by atoms with E-state index in [1.807, 2.05) is 30.3 Å². The van der Waals surface area contributed by atoms with Gasteiger partial charge >= 0.3 is 5.97 Å². The van der Waals surface area contributed by atoms with Crippen molar-refractivity contribution in [1.82, 2.24) is 24.9 Å². The lowest BCUT2D eigenvalue weighted by molar-refractivity contribution is -0.121. The zero-order chi connectivity index (χ0) is 23.7. The zero-order valence-corrected chi connectivity index (χ0v) is 18.9. The maximum absolute atomic E-state index is 12.6. The van der Waals surface area contributed by atoms with E-state index in [9.17, 15) is 9.59 Å². The van der Waals surface area contributed by atoms with E-state index in [1.54, 1.807) is 23.8 Å². The second kappa shape index (κ2) is 8.97. The van der Waals surface area contributed by atoms with Crippen LogP contribution in [0.25, 0.3) is 27.9 Å². The molecule has 5 rings (SSSR count). The van der Waals surface area contributed by atoms with Crippen molar-refractivity contribution < 1.29 is 19.1 Å². The van der Waals surface area contributed by atoms with Crippen LogP contribution in [0, 0.1) is 0 Å². The number of ether oxygens (including phenoxy) is 2. The molecule has 10 nitrogen and oxygen atoms in total. The molecule has 1 atom stereocenters. The molecule has 3 heterocycles. The van der Waals surface area contributed by atoms with E-state index in [0.29, 0.717) is 46.9 Å². The number of carbonyl (C=O) groups excluding carboxylic acids is 2. The van der Waals surface area contributed by atoms with Crippen molar-refractivity contribution in [2.45, 2.75) is 25.3 Å². The molecule has 0 unspecified atom stereocenters. The number of benzene rings is 2. The number of rotatable bonds is 5. The van der Waals surface area contributed by atoms with Crippen LogP contribution in [0.5, 0.6) is 5.75 Å². The fourth-order valence-corrected chi connectivity index (χ4v) is 4.10. The summed E-state index contributed by atoms with van der Waals surface area (Å²) in [7, 11) is 2.93. The minimum absolute atomic E-state index is 0.0932. The van der Waals surface area contributed by atoms with Gasteiger partial charge in [-0.2, -0.15) is 4.52 Å². The minimum atomic E-state index is -0.504. The fourth-order valence-electron chi connectivity index (χ4n) is 4.10. The van der Waals surface area contributed by atoms with Crippen LogP contribution in [0.4, 0.5) is 5.95 Å². The Morgan fingerprint density at radius 1 is 1.12 bits per heavy atom. The number of methoxy groups -OCH3 is 2. The summed E-state index contributed by atoms with van der Waals surface area (Å²) in [6, 6.07) is 12.2. The standard InChI is InChI=1S/C24H24N6O4/c1-33-15-11-9-14(10-12-15)20-28-21-16-6-5-7-17(23(32)34-2)19(16)27-24(30(21)29-20)26-18-8-3-4-13-25-22(18)31/h5-7,9-12,18H,3-4,8,13H2,1-2H3,(H,25,31)(H,26,27)/t18-/m1/s1. The third kappa shape index (κ3) is 3.87. The smallest absolute Gasteiger partial charge is 0.340 e. The van der Waals surface area contributed by atoms with Gasteiger partial charge in [0.15, 0.2) is 11.5 Å². The van der Waals surface area contributed by atoms with Gasteiger partial charge in [0.2, 0.25) is 11.9 Å². The van der Waals surface area contributed by atoms with E-state index in [1.165, 1.54) is 7.11 Å². The van der Waals surface area contributed by atoms with Gasteiger partial charge in [-0.25, -0.2) is 14.8 Å². The summed E-state index contributed by atoms with van der Waals surface area (Å²) in [6.45, 7) is 0.648. The average Bonchev–Trinajstić information content (AvgIpc) is 3.23. The van der Waals surface area contributed by atoms with Crippen LogP contribution in [0.15, 0.2) is 42.5 Å². The Balaban J connectivity index is 1.70. The van der Waals surface area contributed by atoms with Crippen LogP contribution in [-0.4, -0.2) is 58.3 Å². The molecule has 2 N–H and O–H groups in total.